The molecule has 0 amide bonds. The van der Waals surface area contributed by atoms with Crippen LogP contribution in [0, 0.1) is 6.92 Å². The molecule has 0 radical (unpaired) electrons. The minimum atomic E-state index is 0.528. The standard InChI is InChI=1S/C19H15N3O/c1-14-5-4-6-16(13-14)18-20-19(23-21-18)15-7-9-17(10-8-15)22-11-2-3-12-22/h2-13H,1H3. The van der Waals surface area contributed by atoms with Crippen LogP contribution in [0.25, 0.3) is 28.5 Å². The van der Waals surface area contributed by atoms with Crippen molar-refractivity contribution >= 4 is 0 Å². The molecular formula is C19H15N3O. The van der Waals surface area contributed by atoms with E-state index in [-0.39, 0.29) is 0 Å². The lowest BCUT2D eigenvalue weighted by molar-refractivity contribution is 0.432. The van der Waals surface area contributed by atoms with Gasteiger partial charge < -0.3 is 9.09 Å². The molecule has 23 heavy (non-hydrogen) atoms. The van der Waals surface area contributed by atoms with Gasteiger partial charge in [0.15, 0.2) is 0 Å². The minimum absolute atomic E-state index is 0.528. The highest BCUT2D eigenvalue weighted by molar-refractivity contribution is 5.61. The van der Waals surface area contributed by atoms with Crippen molar-refractivity contribution in [3.8, 4) is 28.5 Å². The molecule has 2 heterocycles. The lowest BCUT2D eigenvalue weighted by Gasteiger charge is -2.02. The first-order chi connectivity index (χ1) is 11.3. The van der Waals surface area contributed by atoms with Gasteiger partial charge >= 0.3 is 0 Å². The lowest BCUT2D eigenvalue weighted by Crippen LogP contribution is -1.89. The quantitative estimate of drug-likeness (QED) is 0.559. The summed E-state index contributed by atoms with van der Waals surface area (Å²) in [5, 5.41) is 4.08. The Morgan fingerprint density at radius 2 is 1.65 bits per heavy atom. The van der Waals surface area contributed by atoms with Gasteiger partial charge in [-0.05, 0) is 49.4 Å². The normalized spacial score (nSPS) is 10.8. The van der Waals surface area contributed by atoms with Crippen LogP contribution in [0.1, 0.15) is 5.56 Å². The van der Waals surface area contributed by atoms with Crippen molar-refractivity contribution < 1.29 is 4.52 Å². The van der Waals surface area contributed by atoms with E-state index in [1.807, 2.05) is 80.0 Å². The number of benzene rings is 2. The van der Waals surface area contributed by atoms with Gasteiger partial charge in [-0.15, -0.1) is 0 Å². The zero-order valence-corrected chi connectivity index (χ0v) is 12.7. The Labute approximate surface area is 134 Å². The Bertz CT molecular complexity index is 921. The van der Waals surface area contributed by atoms with E-state index < -0.39 is 0 Å². The monoisotopic (exact) mass is 301 g/mol. The maximum absolute atomic E-state index is 5.41. The number of hydrogen-bond acceptors (Lipinski definition) is 3. The van der Waals surface area contributed by atoms with Crippen LogP contribution in [0.2, 0.25) is 0 Å². The molecule has 112 valence electrons. The molecule has 0 aliphatic rings. The molecule has 4 aromatic rings. The summed E-state index contributed by atoms with van der Waals surface area (Å²) >= 11 is 0. The van der Waals surface area contributed by atoms with Crippen LogP contribution >= 0.6 is 0 Å². The molecule has 0 atom stereocenters. The summed E-state index contributed by atoms with van der Waals surface area (Å²) in [6.07, 6.45) is 4.02. The zero-order valence-electron chi connectivity index (χ0n) is 12.7. The van der Waals surface area contributed by atoms with Gasteiger partial charge in [-0.25, -0.2) is 0 Å². The van der Waals surface area contributed by atoms with Crippen molar-refractivity contribution in [2.45, 2.75) is 6.92 Å². The highest BCUT2D eigenvalue weighted by Crippen LogP contribution is 2.23. The van der Waals surface area contributed by atoms with E-state index >= 15 is 0 Å². The van der Waals surface area contributed by atoms with Crippen molar-refractivity contribution in [3.05, 3.63) is 78.6 Å². The molecule has 2 aromatic heterocycles. The second-order valence-electron chi connectivity index (χ2n) is 5.43. The molecule has 4 nitrogen and oxygen atoms in total. The topological polar surface area (TPSA) is 43.9 Å². The Balaban J connectivity index is 1.64. The van der Waals surface area contributed by atoms with Crippen molar-refractivity contribution in [1.82, 2.24) is 14.7 Å². The Morgan fingerprint density at radius 3 is 2.39 bits per heavy atom. The third-order valence-corrected chi connectivity index (χ3v) is 3.72. The van der Waals surface area contributed by atoms with E-state index in [0.717, 1.165) is 16.8 Å². The van der Waals surface area contributed by atoms with E-state index in [2.05, 4.69) is 14.7 Å². The van der Waals surface area contributed by atoms with E-state index in [1.165, 1.54) is 5.56 Å². The molecule has 4 heteroatoms. The van der Waals surface area contributed by atoms with Crippen LogP contribution in [-0.2, 0) is 0 Å². The molecular weight excluding hydrogens is 286 g/mol. The number of hydrogen-bond donors (Lipinski definition) is 0. The summed E-state index contributed by atoms with van der Waals surface area (Å²) in [6, 6.07) is 20.1. The zero-order chi connectivity index (χ0) is 15.6. The molecule has 0 aliphatic heterocycles. The number of aryl methyl sites for hydroxylation is 1. The predicted octanol–water partition coefficient (Wildman–Crippen LogP) is 4.50. The molecule has 0 saturated heterocycles. The van der Waals surface area contributed by atoms with Gasteiger partial charge in [0.2, 0.25) is 5.82 Å². The minimum Gasteiger partial charge on any atom is -0.334 e. The molecule has 4 rings (SSSR count). The van der Waals surface area contributed by atoms with Crippen molar-refractivity contribution in [2.75, 3.05) is 0 Å². The van der Waals surface area contributed by atoms with Crippen LogP contribution in [0.3, 0.4) is 0 Å². The van der Waals surface area contributed by atoms with Gasteiger partial charge in [-0.3, -0.25) is 0 Å². The molecule has 0 bridgehead atoms. The van der Waals surface area contributed by atoms with Crippen molar-refractivity contribution in [3.63, 3.8) is 0 Å². The molecule has 0 spiro atoms. The fourth-order valence-electron chi connectivity index (χ4n) is 2.52. The average Bonchev–Trinajstić information content (AvgIpc) is 3.27. The van der Waals surface area contributed by atoms with Gasteiger partial charge in [0.1, 0.15) is 0 Å². The highest BCUT2D eigenvalue weighted by Gasteiger charge is 2.10. The molecule has 2 aromatic carbocycles. The fourth-order valence-corrected chi connectivity index (χ4v) is 2.52. The van der Waals surface area contributed by atoms with Crippen molar-refractivity contribution in [2.24, 2.45) is 0 Å². The maximum atomic E-state index is 5.41. The molecule has 0 aliphatic carbocycles. The van der Waals surface area contributed by atoms with Gasteiger partial charge in [0.05, 0.1) is 0 Å². The van der Waals surface area contributed by atoms with E-state index in [0.29, 0.717) is 11.7 Å². The van der Waals surface area contributed by atoms with Crippen LogP contribution in [0.4, 0.5) is 0 Å². The Hall–Kier alpha value is -3.14. The molecule has 0 fully saturated rings. The summed E-state index contributed by atoms with van der Waals surface area (Å²) in [5.74, 6) is 1.14. The third kappa shape index (κ3) is 2.66. The molecule has 0 unspecified atom stereocenters. The fraction of sp³-hybridized carbons (Fsp3) is 0.0526. The van der Waals surface area contributed by atoms with Gasteiger partial charge in [-0.1, -0.05) is 28.9 Å². The van der Waals surface area contributed by atoms with E-state index in [4.69, 9.17) is 4.52 Å². The molecule has 0 N–H and O–H groups in total. The SMILES string of the molecule is Cc1cccc(-c2noc(-c3ccc(-n4cccc4)cc3)n2)c1. The summed E-state index contributed by atoms with van der Waals surface area (Å²) < 4.78 is 7.46. The Kier molecular flexibility index (Phi) is 3.27. The number of rotatable bonds is 3. The van der Waals surface area contributed by atoms with Gasteiger partial charge in [0.25, 0.3) is 5.89 Å². The Morgan fingerprint density at radius 1 is 0.870 bits per heavy atom. The first-order valence-electron chi connectivity index (χ1n) is 7.44. The van der Waals surface area contributed by atoms with Crippen LogP contribution in [0.15, 0.2) is 77.6 Å². The van der Waals surface area contributed by atoms with Crippen LogP contribution in [-0.4, -0.2) is 14.7 Å². The van der Waals surface area contributed by atoms with Crippen molar-refractivity contribution in [1.29, 1.82) is 0 Å². The van der Waals surface area contributed by atoms with E-state index in [9.17, 15) is 0 Å². The number of nitrogens with zero attached hydrogens (tertiary/aromatic N) is 3. The summed E-state index contributed by atoms with van der Waals surface area (Å²) in [6.45, 7) is 2.05. The predicted molar refractivity (Wildman–Crippen MR) is 89.2 cm³/mol. The first kappa shape index (κ1) is 13.5. The first-order valence-corrected chi connectivity index (χ1v) is 7.44. The van der Waals surface area contributed by atoms with Gasteiger partial charge in [-0.2, -0.15) is 4.98 Å². The van der Waals surface area contributed by atoms with E-state index in [1.54, 1.807) is 0 Å². The smallest absolute Gasteiger partial charge is 0.258 e. The lowest BCUT2D eigenvalue weighted by atomic mass is 10.1. The van der Waals surface area contributed by atoms with Crippen LogP contribution in [0.5, 0.6) is 0 Å². The third-order valence-electron chi connectivity index (χ3n) is 3.72. The van der Waals surface area contributed by atoms with Gasteiger partial charge in [0, 0.05) is 29.2 Å². The largest absolute Gasteiger partial charge is 0.334 e. The highest BCUT2D eigenvalue weighted by atomic mass is 16.5. The summed E-state index contributed by atoms with van der Waals surface area (Å²) in [5.41, 5.74) is 4.14. The number of aromatic nitrogens is 3. The maximum Gasteiger partial charge on any atom is 0.258 e. The second-order valence-corrected chi connectivity index (χ2v) is 5.43. The second kappa shape index (κ2) is 5.57. The summed E-state index contributed by atoms with van der Waals surface area (Å²) in [4.78, 5) is 4.50. The van der Waals surface area contributed by atoms with Crippen LogP contribution < -0.4 is 0 Å². The summed E-state index contributed by atoms with van der Waals surface area (Å²) in [7, 11) is 0. The molecule has 0 saturated carbocycles. The average molecular weight is 301 g/mol.